The number of hydrogen-bond acceptors (Lipinski definition) is 3. The van der Waals surface area contributed by atoms with Gasteiger partial charge in [-0.1, -0.05) is 56.0 Å². The predicted octanol–water partition coefficient (Wildman–Crippen LogP) is 1.54. The zero-order chi connectivity index (χ0) is 16.5. The zero-order valence-electron chi connectivity index (χ0n) is 13.4. The highest BCUT2D eigenvalue weighted by atomic mass is 28.3. The highest BCUT2D eigenvalue weighted by Crippen LogP contribution is 2.29. The van der Waals surface area contributed by atoms with Crippen molar-refractivity contribution in [1.29, 1.82) is 0 Å². The summed E-state index contributed by atoms with van der Waals surface area (Å²) in [6, 6.07) is 7.36. The van der Waals surface area contributed by atoms with Crippen LogP contribution in [-0.4, -0.2) is 25.9 Å². The minimum atomic E-state index is -1.37. The minimum absolute atomic E-state index is 0.292. The molecule has 1 aromatic carbocycles. The van der Waals surface area contributed by atoms with E-state index in [9.17, 15) is 14.4 Å². The molecule has 4 amide bonds. The summed E-state index contributed by atoms with van der Waals surface area (Å²) >= 11 is 0. The first kappa shape index (κ1) is 16.4. The highest BCUT2D eigenvalue weighted by Gasteiger charge is 2.48. The Hall–Kier alpha value is -1.95. The summed E-state index contributed by atoms with van der Waals surface area (Å²) in [7, 11) is -1.37. The van der Waals surface area contributed by atoms with Crippen LogP contribution >= 0.6 is 0 Å². The van der Waals surface area contributed by atoms with Crippen molar-refractivity contribution in [2.75, 3.05) is 0 Å². The molecule has 1 aliphatic rings. The number of benzene rings is 1. The molecule has 0 spiro atoms. The van der Waals surface area contributed by atoms with E-state index in [1.54, 1.807) is 6.92 Å². The number of nitrogens with one attached hydrogen (secondary N) is 2. The van der Waals surface area contributed by atoms with Gasteiger partial charge in [0.25, 0.3) is 0 Å². The van der Waals surface area contributed by atoms with E-state index in [1.807, 2.05) is 12.1 Å². The van der Waals surface area contributed by atoms with Gasteiger partial charge in [0.15, 0.2) is 0 Å². The molecule has 0 bridgehead atoms. The van der Waals surface area contributed by atoms with Gasteiger partial charge in [0.2, 0.25) is 11.8 Å². The Labute approximate surface area is 131 Å². The predicted molar refractivity (Wildman–Crippen MR) is 87.5 cm³/mol. The Balaban J connectivity index is 2.28. The molecule has 1 heterocycles. The zero-order valence-corrected chi connectivity index (χ0v) is 14.4. The van der Waals surface area contributed by atoms with Gasteiger partial charge in [-0.15, -0.1) is 0 Å². The molecule has 0 atom stereocenters. The first-order chi connectivity index (χ1) is 10.2. The number of carbonyl (C=O) groups is 3. The maximum Gasteiger partial charge on any atom is 0.328 e. The van der Waals surface area contributed by atoms with Gasteiger partial charge in [0.1, 0.15) is 5.41 Å². The first-order valence-electron chi connectivity index (χ1n) is 7.45. The van der Waals surface area contributed by atoms with E-state index in [4.69, 9.17) is 0 Å². The Bertz CT molecular complexity index is 597. The molecule has 1 fully saturated rings. The van der Waals surface area contributed by atoms with Gasteiger partial charge < -0.3 is 0 Å². The van der Waals surface area contributed by atoms with E-state index < -0.39 is 31.3 Å². The summed E-state index contributed by atoms with van der Waals surface area (Å²) in [6.07, 6.45) is 0.633. The van der Waals surface area contributed by atoms with Crippen molar-refractivity contribution in [3.63, 3.8) is 0 Å². The molecule has 1 saturated heterocycles. The average molecular weight is 318 g/mol. The molecule has 2 rings (SSSR count). The lowest BCUT2D eigenvalue weighted by Gasteiger charge is -2.33. The van der Waals surface area contributed by atoms with Crippen LogP contribution in [0.25, 0.3) is 0 Å². The van der Waals surface area contributed by atoms with E-state index in [2.05, 4.69) is 42.4 Å². The van der Waals surface area contributed by atoms with Crippen LogP contribution in [0.2, 0.25) is 19.6 Å². The lowest BCUT2D eigenvalue weighted by molar-refractivity contribution is -0.144. The molecule has 0 unspecified atom stereocenters. The maximum atomic E-state index is 12.2. The number of hydrogen-bond donors (Lipinski definition) is 2. The molecule has 6 heteroatoms. The smallest absolute Gasteiger partial charge is 0.277 e. The standard InChI is InChI=1S/C16H22N2O3Si/c1-5-16(13(19)17-15(21)18-14(16)20)10-11-6-8-12(9-7-11)22(2,3)4/h6-9H,5,10H2,1-4H3,(H2,17,18,19,20,21). The van der Waals surface area contributed by atoms with Crippen molar-refractivity contribution in [3.05, 3.63) is 29.8 Å². The largest absolute Gasteiger partial charge is 0.328 e. The van der Waals surface area contributed by atoms with Crippen LogP contribution in [0.5, 0.6) is 0 Å². The Morgan fingerprint density at radius 1 is 0.955 bits per heavy atom. The van der Waals surface area contributed by atoms with Gasteiger partial charge in [0, 0.05) is 0 Å². The topological polar surface area (TPSA) is 75.3 Å². The Morgan fingerprint density at radius 2 is 1.45 bits per heavy atom. The molecule has 1 aliphatic heterocycles. The summed E-state index contributed by atoms with van der Waals surface area (Å²) < 4.78 is 0. The van der Waals surface area contributed by atoms with E-state index in [1.165, 1.54) is 5.19 Å². The summed E-state index contributed by atoms with van der Waals surface area (Å²) in [5.41, 5.74) is -0.294. The third kappa shape index (κ3) is 2.97. The molecular formula is C16H22N2O3Si. The van der Waals surface area contributed by atoms with Crippen molar-refractivity contribution >= 4 is 31.1 Å². The van der Waals surface area contributed by atoms with Crippen LogP contribution in [0.3, 0.4) is 0 Å². The van der Waals surface area contributed by atoms with Crippen molar-refractivity contribution in [2.45, 2.75) is 39.4 Å². The monoisotopic (exact) mass is 318 g/mol. The Morgan fingerprint density at radius 3 is 1.86 bits per heavy atom. The van der Waals surface area contributed by atoms with E-state index >= 15 is 0 Å². The third-order valence-electron chi connectivity index (χ3n) is 4.25. The Kier molecular flexibility index (Phi) is 4.24. The summed E-state index contributed by atoms with van der Waals surface area (Å²) in [5.74, 6) is -1.03. The minimum Gasteiger partial charge on any atom is -0.277 e. The van der Waals surface area contributed by atoms with Gasteiger partial charge in [-0.25, -0.2) is 4.79 Å². The second-order valence-corrected chi connectivity index (χ2v) is 11.9. The second-order valence-electron chi connectivity index (χ2n) is 6.80. The van der Waals surface area contributed by atoms with Crippen LogP contribution in [0.1, 0.15) is 18.9 Å². The molecule has 0 aliphatic carbocycles. The SMILES string of the molecule is CCC1(Cc2ccc([Si](C)(C)C)cc2)C(=O)NC(=O)NC1=O. The van der Waals surface area contributed by atoms with Crippen LogP contribution in [0, 0.1) is 5.41 Å². The lowest BCUT2D eigenvalue weighted by Crippen LogP contribution is -2.63. The molecule has 22 heavy (non-hydrogen) atoms. The number of rotatable bonds is 4. The fraction of sp³-hybridized carbons (Fsp3) is 0.438. The number of urea groups is 1. The van der Waals surface area contributed by atoms with Crippen molar-refractivity contribution in [2.24, 2.45) is 5.41 Å². The molecular weight excluding hydrogens is 296 g/mol. The van der Waals surface area contributed by atoms with E-state index in [0.29, 0.717) is 12.8 Å². The fourth-order valence-corrected chi connectivity index (χ4v) is 3.82. The molecule has 1 aromatic rings. The van der Waals surface area contributed by atoms with Crippen LogP contribution in [0.15, 0.2) is 24.3 Å². The molecule has 0 radical (unpaired) electrons. The normalized spacial score (nSPS) is 17.9. The molecule has 0 saturated carbocycles. The number of imide groups is 2. The van der Waals surface area contributed by atoms with Gasteiger partial charge in [0.05, 0.1) is 8.07 Å². The van der Waals surface area contributed by atoms with Gasteiger partial charge in [-0.05, 0) is 18.4 Å². The molecule has 118 valence electrons. The van der Waals surface area contributed by atoms with Crippen molar-refractivity contribution in [3.8, 4) is 0 Å². The van der Waals surface area contributed by atoms with Crippen molar-refractivity contribution < 1.29 is 14.4 Å². The van der Waals surface area contributed by atoms with Crippen LogP contribution in [0.4, 0.5) is 4.79 Å². The third-order valence-corrected chi connectivity index (χ3v) is 6.32. The molecule has 5 nitrogen and oxygen atoms in total. The highest BCUT2D eigenvalue weighted by molar-refractivity contribution is 6.88. The van der Waals surface area contributed by atoms with Crippen molar-refractivity contribution in [1.82, 2.24) is 10.6 Å². The van der Waals surface area contributed by atoms with Gasteiger partial charge >= 0.3 is 6.03 Å². The van der Waals surface area contributed by atoms with E-state index in [-0.39, 0.29) is 0 Å². The van der Waals surface area contributed by atoms with Gasteiger partial charge in [-0.2, -0.15) is 0 Å². The number of amides is 4. The van der Waals surface area contributed by atoms with Crippen LogP contribution < -0.4 is 15.8 Å². The summed E-state index contributed by atoms with van der Waals surface area (Å²) in [6.45, 7) is 8.58. The maximum absolute atomic E-state index is 12.2. The van der Waals surface area contributed by atoms with E-state index in [0.717, 1.165) is 5.56 Å². The number of barbiturate groups is 1. The molecule has 2 N–H and O–H groups in total. The number of carbonyl (C=O) groups excluding carboxylic acids is 3. The summed E-state index contributed by atoms with van der Waals surface area (Å²) in [4.78, 5) is 35.7. The summed E-state index contributed by atoms with van der Waals surface area (Å²) in [5, 5.41) is 5.74. The quantitative estimate of drug-likeness (QED) is 0.653. The van der Waals surface area contributed by atoms with Gasteiger partial charge in [-0.3, -0.25) is 20.2 Å². The second kappa shape index (κ2) is 5.68. The lowest BCUT2D eigenvalue weighted by atomic mass is 9.76. The average Bonchev–Trinajstić information content (AvgIpc) is 2.42. The molecule has 0 aromatic heterocycles. The van der Waals surface area contributed by atoms with Crippen LogP contribution in [-0.2, 0) is 16.0 Å². The first-order valence-corrected chi connectivity index (χ1v) is 11.0. The fourth-order valence-electron chi connectivity index (χ4n) is 2.66.